The number of aromatic nitrogens is 2. The zero-order valence-electron chi connectivity index (χ0n) is 12.9. The van der Waals surface area contributed by atoms with Gasteiger partial charge in [0.05, 0.1) is 6.04 Å². The first-order valence-corrected chi connectivity index (χ1v) is 7.79. The van der Waals surface area contributed by atoms with Crippen LogP contribution in [0.25, 0.3) is 0 Å². The molecule has 0 saturated carbocycles. The van der Waals surface area contributed by atoms with E-state index in [-0.39, 0.29) is 24.4 Å². The summed E-state index contributed by atoms with van der Waals surface area (Å²) in [5.74, 6) is -0.0123. The number of nitrogens with zero attached hydrogens (tertiary/aromatic N) is 3. The summed E-state index contributed by atoms with van der Waals surface area (Å²) in [5.41, 5.74) is 1.21. The lowest BCUT2D eigenvalue weighted by molar-refractivity contribution is -0.127. The topological polar surface area (TPSA) is 67.2 Å². The van der Waals surface area contributed by atoms with Crippen LogP contribution >= 0.6 is 0 Å². The van der Waals surface area contributed by atoms with Gasteiger partial charge in [0.25, 0.3) is 0 Å². The predicted molar refractivity (Wildman–Crippen MR) is 85.5 cm³/mol. The van der Waals surface area contributed by atoms with Gasteiger partial charge in [-0.1, -0.05) is 30.3 Å². The summed E-state index contributed by atoms with van der Waals surface area (Å²) < 4.78 is 1.57. The Morgan fingerprint density at radius 1 is 1.26 bits per heavy atom. The van der Waals surface area contributed by atoms with Gasteiger partial charge in [0.1, 0.15) is 6.54 Å². The summed E-state index contributed by atoms with van der Waals surface area (Å²) in [4.78, 5) is 25.8. The Hall–Kier alpha value is -2.63. The zero-order chi connectivity index (χ0) is 16.1. The van der Waals surface area contributed by atoms with Crippen molar-refractivity contribution in [1.82, 2.24) is 20.0 Å². The number of carbonyl (C=O) groups is 2. The van der Waals surface area contributed by atoms with Gasteiger partial charge in [-0.3, -0.25) is 14.3 Å². The molecule has 1 atom stereocenters. The molecule has 2 amide bonds. The summed E-state index contributed by atoms with van der Waals surface area (Å²) in [6.45, 7) is 1.45. The Bertz CT molecular complexity index is 654. The maximum atomic E-state index is 12.1. The fraction of sp³-hybridized carbons (Fsp3) is 0.353. The van der Waals surface area contributed by atoms with Gasteiger partial charge < -0.3 is 10.2 Å². The Morgan fingerprint density at radius 3 is 2.83 bits per heavy atom. The number of carbonyl (C=O) groups excluding carboxylic acids is 2. The van der Waals surface area contributed by atoms with Crippen molar-refractivity contribution in [2.45, 2.75) is 25.4 Å². The monoisotopic (exact) mass is 312 g/mol. The van der Waals surface area contributed by atoms with Crippen molar-refractivity contribution in [1.29, 1.82) is 0 Å². The van der Waals surface area contributed by atoms with Gasteiger partial charge >= 0.3 is 0 Å². The van der Waals surface area contributed by atoms with Crippen molar-refractivity contribution >= 4 is 11.8 Å². The maximum Gasteiger partial charge on any atom is 0.242 e. The minimum atomic E-state index is -0.114. The van der Waals surface area contributed by atoms with E-state index in [1.165, 1.54) is 5.56 Å². The molecule has 1 N–H and O–H groups in total. The van der Waals surface area contributed by atoms with E-state index in [0.29, 0.717) is 19.5 Å². The van der Waals surface area contributed by atoms with Crippen LogP contribution in [0.3, 0.4) is 0 Å². The Balaban J connectivity index is 1.46. The Kier molecular flexibility index (Phi) is 4.71. The highest BCUT2D eigenvalue weighted by Crippen LogP contribution is 2.12. The van der Waals surface area contributed by atoms with Crippen LogP contribution in [0.15, 0.2) is 48.8 Å². The molecule has 1 aliphatic heterocycles. The zero-order valence-corrected chi connectivity index (χ0v) is 12.9. The summed E-state index contributed by atoms with van der Waals surface area (Å²) in [5, 5.41) is 6.92. The average Bonchev–Trinajstić information content (AvgIpc) is 3.16. The molecule has 3 rings (SSSR count). The van der Waals surface area contributed by atoms with Crippen LogP contribution in [0.1, 0.15) is 12.0 Å². The summed E-state index contributed by atoms with van der Waals surface area (Å²) in [6, 6.07) is 11.8. The number of hydrogen-bond donors (Lipinski definition) is 1. The highest BCUT2D eigenvalue weighted by atomic mass is 16.2. The van der Waals surface area contributed by atoms with Crippen LogP contribution in [0.5, 0.6) is 0 Å². The molecule has 1 saturated heterocycles. The third kappa shape index (κ3) is 4.18. The standard InChI is InChI=1S/C17H20N4O2/c22-16(13-21-9-4-8-18-21)19-15-11-17(23)20(12-15)10-7-14-5-2-1-3-6-14/h1-6,8-9,15H,7,10-13H2,(H,19,22)/t15-/m0/s1. The van der Waals surface area contributed by atoms with Crippen molar-refractivity contribution in [3.8, 4) is 0 Å². The second-order valence-corrected chi connectivity index (χ2v) is 5.75. The summed E-state index contributed by atoms with van der Waals surface area (Å²) in [7, 11) is 0. The van der Waals surface area contributed by atoms with Crippen molar-refractivity contribution in [3.63, 3.8) is 0 Å². The predicted octanol–water partition coefficient (Wildman–Crippen LogP) is 0.843. The third-order valence-corrected chi connectivity index (χ3v) is 3.96. The van der Waals surface area contributed by atoms with Crippen molar-refractivity contribution < 1.29 is 9.59 Å². The first-order valence-electron chi connectivity index (χ1n) is 7.79. The molecule has 0 unspecified atom stereocenters. The molecule has 2 heterocycles. The molecule has 0 radical (unpaired) electrons. The SMILES string of the molecule is O=C(Cn1cccn1)N[C@H]1CC(=O)N(CCc2ccccc2)C1. The van der Waals surface area contributed by atoms with E-state index in [0.717, 1.165) is 6.42 Å². The van der Waals surface area contributed by atoms with Crippen molar-refractivity contribution in [2.24, 2.45) is 0 Å². The molecular formula is C17H20N4O2. The number of hydrogen-bond acceptors (Lipinski definition) is 3. The van der Waals surface area contributed by atoms with Crippen LogP contribution in [-0.2, 0) is 22.6 Å². The van der Waals surface area contributed by atoms with E-state index in [2.05, 4.69) is 22.5 Å². The van der Waals surface area contributed by atoms with E-state index in [9.17, 15) is 9.59 Å². The van der Waals surface area contributed by atoms with Gasteiger partial charge in [0.2, 0.25) is 11.8 Å². The molecule has 6 nitrogen and oxygen atoms in total. The van der Waals surface area contributed by atoms with Crippen molar-refractivity contribution in [3.05, 3.63) is 54.4 Å². The van der Waals surface area contributed by atoms with E-state index in [1.54, 1.807) is 23.1 Å². The molecule has 1 aromatic heterocycles. The molecule has 0 spiro atoms. The Morgan fingerprint density at radius 2 is 2.09 bits per heavy atom. The number of likely N-dealkylation sites (tertiary alicyclic amines) is 1. The summed E-state index contributed by atoms with van der Waals surface area (Å²) >= 11 is 0. The first-order chi connectivity index (χ1) is 11.2. The van der Waals surface area contributed by atoms with Gasteiger partial charge in [-0.05, 0) is 18.1 Å². The van der Waals surface area contributed by atoms with Gasteiger partial charge in [0.15, 0.2) is 0 Å². The van der Waals surface area contributed by atoms with Gasteiger partial charge in [-0.2, -0.15) is 5.10 Å². The minimum absolute atomic E-state index is 0.102. The second kappa shape index (κ2) is 7.09. The molecule has 1 aliphatic rings. The van der Waals surface area contributed by atoms with Crippen LogP contribution < -0.4 is 5.32 Å². The maximum absolute atomic E-state index is 12.1. The van der Waals surface area contributed by atoms with E-state index in [4.69, 9.17) is 0 Å². The second-order valence-electron chi connectivity index (χ2n) is 5.75. The highest BCUT2D eigenvalue weighted by Gasteiger charge is 2.30. The summed E-state index contributed by atoms with van der Waals surface area (Å²) in [6.07, 6.45) is 4.59. The fourth-order valence-corrected chi connectivity index (χ4v) is 2.81. The smallest absolute Gasteiger partial charge is 0.242 e. The number of amides is 2. The molecule has 0 aliphatic carbocycles. The molecule has 1 fully saturated rings. The van der Waals surface area contributed by atoms with E-state index < -0.39 is 0 Å². The van der Waals surface area contributed by atoms with Crippen LogP contribution in [-0.4, -0.2) is 45.6 Å². The normalized spacial score (nSPS) is 17.5. The molecule has 0 bridgehead atoms. The highest BCUT2D eigenvalue weighted by molar-refractivity contribution is 5.82. The lowest BCUT2D eigenvalue weighted by atomic mass is 10.1. The largest absolute Gasteiger partial charge is 0.349 e. The molecular weight excluding hydrogens is 292 g/mol. The molecule has 120 valence electrons. The van der Waals surface area contributed by atoms with Crippen LogP contribution in [0.4, 0.5) is 0 Å². The average molecular weight is 312 g/mol. The Labute approximate surface area is 135 Å². The fourth-order valence-electron chi connectivity index (χ4n) is 2.81. The lowest BCUT2D eigenvalue weighted by Crippen LogP contribution is -2.39. The lowest BCUT2D eigenvalue weighted by Gasteiger charge is -2.17. The van der Waals surface area contributed by atoms with E-state index >= 15 is 0 Å². The quantitative estimate of drug-likeness (QED) is 0.859. The molecule has 6 heteroatoms. The molecule has 23 heavy (non-hydrogen) atoms. The van der Waals surface area contributed by atoms with Gasteiger partial charge in [-0.25, -0.2) is 0 Å². The van der Waals surface area contributed by atoms with Crippen LogP contribution in [0.2, 0.25) is 0 Å². The number of benzene rings is 1. The molecule has 2 aromatic rings. The van der Waals surface area contributed by atoms with Gasteiger partial charge in [-0.15, -0.1) is 0 Å². The van der Waals surface area contributed by atoms with Gasteiger partial charge in [0, 0.05) is 31.9 Å². The van der Waals surface area contributed by atoms with Crippen LogP contribution in [0, 0.1) is 0 Å². The number of nitrogens with one attached hydrogen (secondary N) is 1. The van der Waals surface area contributed by atoms with E-state index in [1.807, 2.05) is 23.1 Å². The third-order valence-electron chi connectivity index (χ3n) is 3.96. The molecule has 1 aromatic carbocycles. The minimum Gasteiger partial charge on any atom is -0.349 e. The van der Waals surface area contributed by atoms with Crippen molar-refractivity contribution in [2.75, 3.05) is 13.1 Å². The first kappa shape index (κ1) is 15.3. The number of rotatable bonds is 6.